The number of rotatable bonds is 9. The van der Waals surface area contributed by atoms with Crippen LogP contribution in [0.5, 0.6) is 5.75 Å². The fourth-order valence-electron chi connectivity index (χ4n) is 3.94. The summed E-state index contributed by atoms with van der Waals surface area (Å²) in [5.41, 5.74) is 2.86. The maximum absolute atomic E-state index is 12.5. The number of tetrazole rings is 1. The second-order valence-electron chi connectivity index (χ2n) is 8.46. The van der Waals surface area contributed by atoms with Crippen LogP contribution in [0.4, 0.5) is 4.79 Å². The first-order chi connectivity index (χ1) is 19.2. The van der Waals surface area contributed by atoms with Crippen LogP contribution in [-0.2, 0) is 23.1 Å². The number of benzene rings is 3. The largest absolute Gasteiger partial charge is 0.497 e. The lowest BCUT2D eigenvalue weighted by Gasteiger charge is -2.11. The Balaban J connectivity index is 1.48. The van der Waals surface area contributed by atoms with E-state index < -0.39 is 16.1 Å². The molecule has 3 aromatic carbocycles. The summed E-state index contributed by atoms with van der Waals surface area (Å²) in [6, 6.07) is 19.0. The Morgan fingerprint density at radius 3 is 2.45 bits per heavy atom. The van der Waals surface area contributed by atoms with Gasteiger partial charge in [-0.3, -0.25) is 0 Å². The van der Waals surface area contributed by atoms with Gasteiger partial charge in [0.05, 0.1) is 24.1 Å². The first-order valence-corrected chi connectivity index (χ1v) is 13.2. The highest BCUT2D eigenvalue weighted by Gasteiger charge is 2.23. The molecule has 0 saturated heterocycles. The van der Waals surface area contributed by atoms with E-state index in [0.717, 1.165) is 5.56 Å². The first-order valence-electron chi connectivity index (χ1n) is 11.7. The van der Waals surface area contributed by atoms with E-state index in [1.54, 1.807) is 43.5 Å². The average molecular weight is 563 g/mol. The number of carboxylic acid groups (broad SMARTS) is 1. The number of nitrogens with zero attached hydrogens (tertiary/aromatic N) is 6. The molecule has 0 bridgehead atoms. The van der Waals surface area contributed by atoms with Gasteiger partial charge in [-0.25, -0.2) is 18.4 Å². The highest BCUT2D eigenvalue weighted by Crippen LogP contribution is 2.35. The number of aromatic nitrogens is 6. The highest BCUT2D eigenvalue weighted by atomic mass is 32.2. The van der Waals surface area contributed by atoms with Crippen molar-refractivity contribution in [2.24, 2.45) is 5.14 Å². The van der Waals surface area contributed by atoms with Crippen molar-refractivity contribution in [2.45, 2.75) is 18.0 Å². The number of nitrogens with two attached hydrogens (primary N) is 1. The Morgan fingerprint density at radius 2 is 1.77 bits per heavy atom. The van der Waals surface area contributed by atoms with Gasteiger partial charge in [-0.2, -0.15) is 9.78 Å². The second-order valence-corrected chi connectivity index (χ2v) is 9.99. The highest BCUT2D eigenvalue weighted by molar-refractivity contribution is 7.89. The topological polar surface area (TPSA) is 201 Å². The number of hydrogen-bond acceptors (Lipinski definition) is 10. The molecule has 2 heterocycles. The minimum absolute atomic E-state index is 0.0888. The normalized spacial score (nSPS) is 11.3. The number of nitrogens with one attached hydrogen (secondary N) is 1. The van der Waals surface area contributed by atoms with Crippen molar-refractivity contribution in [1.29, 1.82) is 0 Å². The molecule has 4 N–H and O–H groups in total. The van der Waals surface area contributed by atoms with Crippen molar-refractivity contribution in [2.75, 3.05) is 7.11 Å². The third-order valence-electron chi connectivity index (χ3n) is 5.81. The Kier molecular flexibility index (Phi) is 7.22. The van der Waals surface area contributed by atoms with E-state index in [1.165, 1.54) is 10.9 Å². The van der Waals surface area contributed by atoms with Crippen LogP contribution in [0.3, 0.4) is 0 Å². The molecular formula is C25H22N8O6S. The summed E-state index contributed by atoms with van der Waals surface area (Å²) in [6.07, 6.45) is -1.21. The molecule has 0 spiro atoms. The van der Waals surface area contributed by atoms with Crippen molar-refractivity contribution >= 4 is 16.1 Å². The lowest BCUT2D eigenvalue weighted by Crippen LogP contribution is -2.20. The number of primary sulfonamides is 1. The van der Waals surface area contributed by atoms with E-state index in [0.29, 0.717) is 29.0 Å². The molecule has 15 heteroatoms. The second kappa shape index (κ2) is 10.9. The van der Waals surface area contributed by atoms with Crippen LogP contribution < -0.4 is 15.2 Å². The summed E-state index contributed by atoms with van der Waals surface area (Å²) >= 11 is 0. The fourth-order valence-corrected chi connectivity index (χ4v) is 4.69. The predicted molar refractivity (Wildman–Crippen MR) is 140 cm³/mol. The van der Waals surface area contributed by atoms with Gasteiger partial charge >= 0.3 is 6.09 Å². The summed E-state index contributed by atoms with van der Waals surface area (Å²) in [4.78, 5) is 16.1. The predicted octanol–water partition coefficient (Wildman–Crippen LogP) is 2.53. The molecule has 204 valence electrons. The van der Waals surface area contributed by atoms with E-state index in [-0.39, 0.29) is 34.5 Å². The third-order valence-corrected chi connectivity index (χ3v) is 6.76. The Labute approximate surface area is 227 Å². The fraction of sp³-hybridized carbons (Fsp3) is 0.120. The van der Waals surface area contributed by atoms with Gasteiger partial charge < -0.3 is 19.7 Å². The number of ether oxygens (including phenoxy) is 1. The summed E-state index contributed by atoms with van der Waals surface area (Å²) in [5, 5.41) is 33.0. The van der Waals surface area contributed by atoms with Crippen molar-refractivity contribution in [1.82, 2.24) is 35.7 Å². The van der Waals surface area contributed by atoms with Gasteiger partial charge in [0.2, 0.25) is 27.6 Å². The summed E-state index contributed by atoms with van der Waals surface area (Å²) in [6.45, 7) is 0.170. The summed E-state index contributed by atoms with van der Waals surface area (Å²) in [5.74, 6) is 1.17. The minimum Gasteiger partial charge on any atom is -0.497 e. The van der Waals surface area contributed by atoms with Crippen LogP contribution in [0, 0.1) is 0 Å². The van der Waals surface area contributed by atoms with Crippen LogP contribution in [0.15, 0.2) is 76.1 Å². The Hall–Kier alpha value is -5.15. The molecule has 1 amide bonds. The minimum atomic E-state index is -4.14. The lowest BCUT2D eigenvalue weighted by molar-refractivity contribution is 0.192. The Morgan fingerprint density at radius 1 is 1.05 bits per heavy atom. The lowest BCUT2D eigenvalue weighted by atomic mass is 9.98. The Bertz CT molecular complexity index is 1770. The zero-order valence-corrected chi connectivity index (χ0v) is 21.7. The molecule has 0 atom stereocenters. The van der Waals surface area contributed by atoms with Crippen LogP contribution in [0.2, 0.25) is 0 Å². The van der Waals surface area contributed by atoms with Crippen LogP contribution in [-0.4, -0.2) is 57.1 Å². The van der Waals surface area contributed by atoms with E-state index >= 15 is 0 Å². The molecular weight excluding hydrogens is 540 g/mol. The summed E-state index contributed by atoms with van der Waals surface area (Å²) in [7, 11) is -2.56. The van der Waals surface area contributed by atoms with Gasteiger partial charge in [-0.05, 0) is 40.1 Å². The molecule has 5 rings (SSSR count). The van der Waals surface area contributed by atoms with Crippen LogP contribution >= 0.6 is 0 Å². The molecule has 40 heavy (non-hydrogen) atoms. The van der Waals surface area contributed by atoms with Gasteiger partial charge in [0.1, 0.15) is 12.3 Å². The zero-order valence-electron chi connectivity index (χ0n) is 20.9. The SMILES string of the molecule is COc1ccc(Cn2nnc(-c3c(-c4ccc(-c5noc(CNC(=O)O)n5)cc4)cccc3S(N)(=O)=O)n2)cc1. The van der Waals surface area contributed by atoms with E-state index in [2.05, 4.69) is 30.9 Å². The smallest absolute Gasteiger partial charge is 0.405 e. The maximum atomic E-state index is 12.5. The molecule has 14 nitrogen and oxygen atoms in total. The zero-order chi connectivity index (χ0) is 28.3. The third kappa shape index (κ3) is 5.79. The number of sulfonamides is 1. The van der Waals surface area contributed by atoms with E-state index in [9.17, 15) is 13.2 Å². The molecule has 0 fully saturated rings. The van der Waals surface area contributed by atoms with Crippen molar-refractivity contribution in [3.8, 4) is 39.7 Å². The van der Waals surface area contributed by atoms with Crippen LogP contribution in [0.1, 0.15) is 11.5 Å². The molecule has 0 aliphatic carbocycles. The monoisotopic (exact) mass is 562 g/mol. The quantitative estimate of drug-likeness (QED) is 0.238. The van der Waals surface area contributed by atoms with Gasteiger partial charge in [-0.1, -0.05) is 53.7 Å². The number of carbonyl (C=O) groups is 1. The summed E-state index contributed by atoms with van der Waals surface area (Å²) < 4.78 is 35.3. The first kappa shape index (κ1) is 26.5. The van der Waals surface area contributed by atoms with Gasteiger partial charge in [0, 0.05) is 5.56 Å². The van der Waals surface area contributed by atoms with Gasteiger partial charge in [0.15, 0.2) is 0 Å². The van der Waals surface area contributed by atoms with Gasteiger partial charge in [-0.15, -0.1) is 10.2 Å². The van der Waals surface area contributed by atoms with Crippen molar-refractivity contribution < 1.29 is 27.6 Å². The molecule has 0 aliphatic rings. The van der Waals surface area contributed by atoms with E-state index in [4.69, 9.17) is 19.5 Å². The molecule has 2 aromatic heterocycles. The standard InChI is InChI=1S/C25H22N8O6S/c1-38-18-11-5-15(6-12-18)14-33-30-24(29-32-33)22-19(3-2-4-20(22)40(26,36)37)16-7-9-17(10-8-16)23-28-21(39-31-23)13-27-25(34)35/h2-12,27H,13-14H2,1H3,(H,34,35)(H2,26,36,37). The molecule has 0 unspecified atom stereocenters. The number of amides is 1. The maximum Gasteiger partial charge on any atom is 0.405 e. The molecule has 5 aromatic rings. The average Bonchev–Trinajstić information content (AvgIpc) is 3.61. The molecule has 0 saturated carbocycles. The van der Waals surface area contributed by atoms with E-state index in [1.807, 2.05) is 24.3 Å². The van der Waals surface area contributed by atoms with Gasteiger partial charge in [0.25, 0.3) is 0 Å². The number of hydrogen-bond donors (Lipinski definition) is 3. The molecule has 0 aliphatic heterocycles. The van der Waals surface area contributed by atoms with Crippen molar-refractivity contribution in [3.05, 3.63) is 78.2 Å². The molecule has 0 radical (unpaired) electrons. The van der Waals surface area contributed by atoms with Crippen LogP contribution in [0.25, 0.3) is 33.9 Å². The number of methoxy groups -OCH3 is 1. The van der Waals surface area contributed by atoms with Crippen molar-refractivity contribution in [3.63, 3.8) is 0 Å².